The maximum absolute atomic E-state index is 6.54. The van der Waals surface area contributed by atoms with Gasteiger partial charge in [-0.15, -0.1) is 0 Å². The topological polar surface area (TPSA) is 28.2 Å². The molecule has 0 aromatic heterocycles. The van der Waals surface area contributed by atoms with Crippen LogP contribution in [-0.2, 0) is 27.1 Å². The molecule has 0 N–H and O–H groups in total. The summed E-state index contributed by atoms with van der Waals surface area (Å²) >= 11 is 0. The van der Waals surface area contributed by atoms with Gasteiger partial charge in [0.05, 0.1) is 5.69 Å². The average Bonchev–Trinajstić information content (AvgIpc) is 3.97. The number of hydrogen-bond donors (Lipinski definition) is 0. The van der Waals surface area contributed by atoms with Crippen LogP contribution in [0.5, 0.6) is 11.5 Å². The first-order valence-corrected chi connectivity index (χ1v) is 28.9. The van der Waals surface area contributed by atoms with E-state index in [1.54, 1.807) is 0 Å². The Morgan fingerprint density at radius 1 is 0.388 bits per heavy atom. The smallest absolute Gasteiger partial charge is 0.252 e. The van der Waals surface area contributed by atoms with Crippen LogP contribution in [0.1, 0.15) is 129 Å². The van der Waals surface area contributed by atoms with Crippen molar-refractivity contribution in [3.05, 3.63) is 215 Å². The van der Waals surface area contributed by atoms with E-state index in [4.69, 9.17) is 9.47 Å². The van der Waals surface area contributed by atoms with Crippen LogP contribution in [0, 0.1) is 0 Å². The van der Waals surface area contributed by atoms with Gasteiger partial charge in [0.15, 0.2) is 11.5 Å². The quantitative estimate of drug-likeness (QED) is 0.160. The summed E-state index contributed by atoms with van der Waals surface area (Å²) in [4.78, 5) is 7.66. The largest absolute Gasteiger partial charge is 0.486 e. The Balaban J connectivity index is 1.10. The molecule has 14 rings (SSSR count). The second kappa shape index (κ2) is 17.3. The molecule has 0 fully saturated rings. The van der Waals surface area contributed by atoms with Crippen molar-refractivity contribution in [2.75, 3.05) is 27.9 Å². The molecule has 0 saturated heterocycles. The number of rotatable bonds is 5. The number of nitrogens with zero attached hydrogens (tertiary/aromatic N) is 3. The molecular formula is C74H72BN3O2. The van der Waals surface area contributed by atoms with Gasteiger partial charge < -0.3 is 24.2 Å². The third kappa shape index (κ3) is 7.57. The van der Waals surface area contributed by atoms with Crippen molar-refractivity contribution < 1.29 is 9.47 Å². The summed E-state index contributed by atoms with van der Waals surface area (Å²) in [7, 11) is 0. The van der Waals surface area contributed by atoms with Gasteiger partial charge >= 0.3 is 0 Å². The normalized spacial score (nSPS) is 15.8. The first kappa shape index (κ1) is 50.3. The van der Waals surface area contributed by atoms with Crippen LogP contribution in [0.25, 0.3) is 22.3 Å². The minimum absolute atomic E-state index is 0.0140. The lowest BCUT2D eigenvalue weighted by atomic mass is 9.33. The van der Waals surface area contributed by atoms with Gasteiger partial charge in [-0.25, -0.2) is 0 Å². The van der Waals surface area contributed by atoms with E-state index in [2.05, 4.69) is 281 Å². The van der Waals surface area contributed by atoms with Crippen LogP contribution in [0.3, 0.4) is 0 Å². The predicted octanol–water partition coefficient (Wildman–Crippen LogP) is 17.5. The number of benzene rings is 9. The number of ether oxygens (including phenoxy) is 2. The van der Waals surface area contributed by atoms with Crippen LogP contribution < -0.4 is 40.6 Å². The van der Waals surface area contributed by atoms with Crippen molar-refractivity contribution >= 4 is 74.3 Å². The summed E-state index contributed by atoms with van der Waals surface area (Å²) in [5.41, 5.74) is 27.8. The summed E-state index contributed by atoms with van der Waals surface area (Å²) < 4.78 is 13.1. The van der Waals surface area contributed by atoms with Crippen LogP contribution in [0.2, 0.25) is 0 Å². The van der Waals surface area contributed by atoms with Crippen molar-refractivity contribution in [1.29, 1.82) is 0 Å². The first-order chi connectivity index (χ1) is 38.1. The third-order valence-electron chi connectivity index (χ3n) is 18.5. The van der Waals surface area contributed by atoms with Crippen molar-refractivity contribution in [3.8, 4) is 33.8 Å². The summed E-state index contributed by atoms with van der Waals surface area (Å²) in [6.45, 7) is 31.2. The van der Waals surface area contributed by atoms with Crippen molar-refractivity contribution in [1.82, 2.24) is 0 Å². The standard InChI is InChI=1S/C74H72BN3O2/c1-70(2,3)45-22-27-48(28-23-45)77-63-35-26-47(72(7,8)9)38-61(63)75-62-43-67-68(80-37-36-79-67)44-64(62)78(49-29-24-46(25-30-49)71(4,5)6)66-42-52(41-65(77)69(66)75)76(50-31-33-55-53-18-14-16-20-57(53)73(10,11)59(55)39-50)51-32-34-56-54-19-15-17-21-58(54)74(12,13)60(56)40-51/h14-35,38-44H,36-37H2,1-13H3. The molecule has 0 atom stereocenters. The maximum Gasteiger partial charge on any atom is 0.252 e. The van der Waals surface area contributed by atoms with Crippen LogP contribution in [-0.4, -0.2) is 19.9 Å². The third-order valence-corrected chi connectivity index (χ3v) is 18.5. The molecule has 0 bridgehead atoms. The van der Waals surface area contributed by atoms with Crippen LogP contribution in [0.15, 0.2) is 176 Å². The highest BCUT2D eigenvalue weighted by Gasteiger charge is 2.46. The van der Waals surface area contributed by atoms with Gasteiger partial charge in [0, 0.05) is 62.4 Å². The number of anilines is 9. The van der Waals surface area contributed by atoms with E-state index in [1.807, 2.05) is 0 Å². The fourth-order valence-electron chi connectivity index (χ4n) is 14.0. The summed E-state index contributed by atoms with van der Waals surface area (Å²) in [6.07, 6.45) is 0. The first-order valence-electron chi connectivity index (χ1n) is 28.9. The lowest BCUT2D eigenvalue weighted by Gasteiger charge is -2.45. The fraction of sp³-hybridized carbons (Fsp3) is 0.270. The Bertz CT molecular complexity index is 3930. The molecule has 0 radical (unpaired) electrons. The fourth-order valence-corrected chi connectivity index (χ4v) is 14.0. The van der Waals surface area contributed by atoms with E-state index in [-0.39, 0.29) is 33.8 Å². The minimum Gasteiger partial charge on any atom is -0.486 e. The van der Waals surface area contributed by atoms with Gasteiger partial charge in [0.2, 0.25) is 0 Å². The zero-order valence-electron chi connectivity index (χ0n) is 48.9. The summed E-state index contributed by atoms with van der Waals surface area (Å²) in [5.74, 6) is 1.57. The molecule has 9 aromatic carbocycles. The Morgan fingerprint density at radius 3 is 1.30 bits per heavy atom. The average molecular weight is 1050 g/mol. The molecule has 2 aliphatic carbocycles. The van der Waals surface area contributed by atoms with Gasteiger partial charge in [-0.1, -0.05) is 187 Å². The van der Waals surface area contributed by atoms with E-state index in [0.29, 0.717) is 13.2 Å². The Labute approximate surface area is 474 Å². The van der Waals surface area contributed by atoms with Crippen molar-refractivity contribution in [3.63, 3.8) is 0 Å². The molecule has 5 aliphatic rings. The molecule has 3 aliphatic heterocycles. The molecule has 9 aromatic rings. The molecule has 0 saturated carbocycles. The second-order valence-electron chi connectivity index (χ2n) is 27.3. The van der Waals surface area contributed by atoms with E-state index < -0.39 is 0 Å². The summed E-state index contributed by atoms with van der Waals surface area (Å²) in [6, 6.07) is 68.0. The zero-order chi connectivity index (χ0) is 55.6. The molecule has 80 heavy (non-hydrogen) atoms. The van der Waals surface area contributed by atoms with E-state index in [9.17, 15) is 0 Å². The molecule has 0 unspecified atom stereocenters. The molecule has 6 heteroatoms. The molecule has 398 valence electrons. The molecule has 5 nitrogen and oxygen atoms in total. The Hall–Kier alpha value is -7.96. The van der Waals surface area contributed by atoms with E-state index >= 15 is 0 Å². The minimum atomic E-state index is -0.208. The SMILES string of the molecule is CC(C)(C)c1ccc(N2c3ccc(C(C)(C)C)cc3B3c4cc5c(cc4N(c4ccc(C(C)(C)C)cc4)c4cc(N(c6ccc7c(c6)C(C)(C)c6ccccc6-7)c6ccc7c(c6)C(C)(C)c6ccccc6-7)cc2c43)OCCO5)cc1. The molecular weight excluding hydrogens is 974 g/mol. The highest BCUT2D eigenvalue weighted by molar-refractivity contribution is 7.00. The van der Waals surface area contributed by atoms with Crippen molar-refractivity contribution in [2.24, 2.45) is 0 Å². The monoisotopic (exact) mass is 1050 g/mol. The summed E-state index contributed by atoms with van der Waals surface area (Å²) in [5, 5.41) is 0. The number of fused-ring (bicyclic) bond motifs is 11. The van der Waals surface area contributed by atoms with Crippen LogP contribution >= 0.6 is 0 Å². The van der Waals surface area contributed by atoms with Gasteiger partial charge in [0.1, 0.15) is 13.2 Å². The van der Waals surface area contributed by atoms with E-state index in [0.717, 1.165) is 57.0 Å². The molecule has 3 heterocycles. The lowest BCUT2D eigenvalue weighted by molar-refractivity contribution is 0.172. The number of hydrogen-bond acceptors (Lipinski definition) is 5. The van der Waals surface area contributed by atoms with E-state index in [1.165, 1.54) is 83.3 Å². The van der Waals surface area contributed by atoms with Crippen molar-refractivity contribution in [2.45, 2.75) is 117 Å². The highest BCUT2D eigenvalue weighted by Crippen LogP contribution is 2.55. The zero-order valence-corrected chi connectivity index (χ0v) is 48.9. The van der Waals surface area contributed by atoms with Crippen LogP contribution in [0.4, 0.5) is 51.2 Å². The maximum atomic E-state index is 6.54. The highest BCUT2D eigenvalue weighted by atomic mass is 16.6. The van der Waals surface area contributed by atoms with Gasteiger partial charge in [-0.3, -0.25) is 0 Å². The van der Waals surface area contributed by atoms with Gasteiger partial charge in [-0.2, -0.15) is 0 Å². The molecule has 0 amide bonds. The van der Waals surface area contributed by atoms with Gasteiger partial charge in [0.25, 0.3) is 6.71 Å². The lowest BCUT2D eigenvalue weighted by Crippen LogP contribution is -2.61. The second-order valence-corrected chi connectivity index (χ2v) is 27.3. The Kier molecular flexibility index (Phi) is 10.9. The predicted molar refractivity (Wildman–Crippen MR) is 337 cm³/mol. The van der Waals surface area contributed by atoms with Gasteiger partial charge in [-0.05, 0) is 167 Å². The molecule has 0 spiro atoms. The Morgan fingerprint density at radius 2 is 0.812 bits per heavy atom.